The zero-order chi connectivity index (χ0) is 9.84. The molecule has 0 spiro atoms. The van der Waals surface area contributed by atoms with Gasteiger partial charge in [-0.2, -0.15) is 0 Å². The fraction of sp³-hybridized carbons (Fsp3) is 0.375. The highest BCUT2D eigenvalue weighted by atomic mass is 79.9. The largest absolute Gasteiger partial charge is 0.354 e. The predicted octanol–water partition coefficient (Wildman–Crippen LogP) is 2.55. The SMILES string of the molecule is CN(CC(F)F)c1ccc(Br)cn1. The van der Waals surface area contributed by atoms with E-state index in [9.17, 15) is 8.78 Å². The van der Waals surface area contributed by atoms with Gasteiger partial charge < -0.3 is 4.90 Å². The van der Waals surface area contributed by atoms with Crippen LogP contribution >= 0.6 is 15.9 Å². The monoisotopic (exact) mass is 250 g/mol. The van der Waals surface area contributed by atoms with Crippen molar-refractivity contribution in [1.29, 1.82) is 0 Å². The Kier molecular flexibility index (Phi) is 3.59. The van der Waals surface area contributed by atoms with E-state index < -0.39 is 6.43 Å². The van der Waals surface area contributed by atoms with Gasteiger partial charge in [0.15, 0.2) is 0 Å². The van der Waals surface area contributed by atoms with Gasteiger partial charge in [0.1, 0.15) is 5.82 Å². The highest BCUT2D eigenvalue weighted by Gasteiger charge is 2.08. The number of aromatic nitrogens is 1. The third-order valence-corrected chi connectivity index (χ3v) is 1.98. The fourth-order valence-corrected chi connectivity index (χ4v) is 1.13. The van der Waals surface area contributed by atoms with Crippen LogP contribution in [0.5, 0.6) is 0 Å². The molecule has 0 aliphatic rings. The number of halogens is 3. The van der Waals surface area contributed by atoms with Gasteiger partial charge in [0.2, 0.25) is 0 Å². The van der Waals surface area contributed by atoms with Gasteiger partial charge >= 0.3 is 0 Å². The molecule has 0 radical (unpaired) electrons. The first-order valence-electron chi connectivity index (χ1n) is 3.70. The third kappa shape index (κ3) is 3.26. The summed E-state index contributed by atoms with van der Waals surface area (Å²) in [6, 6.07) is 3.46. The van der Waals surface area contributed by atoms with Gasteiger partial charge in [-0.05, 0) is 28.1 Å². The third-order valence-electron chi connectivity index (χ3n) is 1.51. The second kappa shape index (κ2) is 4.50. The van der Waals surface area contributed by atoms with E-state index in [1.165, 1.54) is 4.90 Å². The lowest BCUT2D eigenvalue weighted by atomic mass is 10.4. The van der Waals surface area contributed by atoms with E-state index in [-0.39, 0.29) is 6.54 Å². The van der Waals surface area contributed by atoms with Crippen LogP contribution in [0.15, 0.2) is 22.8 Å². The van der Waals surface area contributed by atoms with Gasteiger partial charge in [0.25, 0.3) is 6.43 Å². The molecule has 1 rings (SSSR count). The number of hydrogen-bond donors (Lipinski definition) is 0. The van der Waals surface area contributed by atoms with E-state index in [0.717, 1.165) is 4.47 Å². The van der Waals surface area contributed by atoms with Crippen LogP contribution in [0.1, 0.15) is 0 Å². The fourth-order valence-electron chi connectivity index (χ4n) is 0.894. The van der Waals surface area contributed by atoms with E-state index in [2.05, 4.69) is 20.9 Å². The minimum Gasteiger partial charge on any atom is -0.354 e. The molecular weight excluding hydrogens is 242 g/mol. The highest BCUT2D eigenvalue weighted by molar-refractivity contribution is 9.10. The van der Waals surface area contributed by atoms with Crippen molar-refractivity contribution < 1.29 is 8.78 Å². The number of nitrogens with zero attached hydrogens (tertiary/aromatic N) is 2. The summed E-state index contributed by atoms with van der Waals surface area (Å²) in [5, 5.41) is 0. The first-order chi connectivity index (χ1) is 6.09. The van der Waals surface area contributed by atoms with E-state index in [0.29, 0.717) is 5.82 Å². The molecule has 0 N–H and O–H groups in total. The van der Waals surface area contributed by atoms with Crippen molar-refractivity contribution >= 4 is 21.7 Å². The molecule has 0 atom stereocenters. The van der Waals surface area contributed by atoms with Gasteiger partial charge in [0, 0.05) is 17.7 Å². The van der Waals surface area contributed by atoms with Crippen LogP contribution in [-0.2, 0) is 0 Å². The van der Waals surface area contributed by atoms with Crippen LogP contribution in [-0.4, -0.2) is 25.0 Å². The van der Waals surface area contributed by atoms with Crippen molar-refractivity contribution in [2.24, 2.45) is 0 Å². The van der Waals surface area contributed by atoms with Gasteiger partial charge in [-0.15, -0.1) is 0 Å². The predicted molar refractivity (Wildman–Crippen MR) is 51.2 cm³/mol. The summed E-state index contributed by atoms with van der Waals surface area (Å²) in [4.78, 5) is 5.39. The Hall–Kier alpha value is -0.710. The molecule has 0 amide bonds. The maximum atomic E-state index is 12.0. The van der Waals surface area contributed by atoms with Crippen LogP contribution in [0.3, 0.4) is 0 Å². The molecule has 0 aliphatic heterocycles. The molecule has 5 heteroatoms. The topological polar surface area (TPSA) is 16.1 Å². The summed E-state index contributed by atoms with van der Waals surface area (Å²) in [6.07, 6.45) is -0.757. The van der Waals surface area contributed by atoms with Crippen molar-refractivity contribution in [3.8, 4) is 0 Å². The molecule has 0 bridgehead atoms. The molecule has 0 aliphatic carbocycles. The Bertz CT molecular complexity index is 263. The summed E-state index contributed by atoms with van der Waals surface area (Å²) in [5.74, 6) is 0.545. The lowest BCUT2D eigenvalue weighted by Gasteiger charge is -2.16. The Morgan fingerprint density at radius 1 is 1.54 bits per heavy atom. The van der Waals surface area contributed by atoms with Crippen molar-refractivity contribution in [1.82, 2.24) is 4.98 Å². The molecule has 1 aromatic rings. The van der Waals surface area contributed by atoms with E-state index in [1.807, 2.05) is 0 Å². The molecule has 2 nitrogen and oxygen atoms in total. The lowest BCUT2D eigenvalue weighted by molar-refractivity contribution is 0.156. The Morgan fingerprint density at radius 3 is 2.69 bits per heavy atom. The number of hydrogen-bond acceptors (Lipinski definition) is 2. The Morgan fingerprint density at radius 2 is 2.23 bits per heavy atom. The summed E-state index contributed by atoms with van der Waals surface area (Å²) in [7, 11) is 1.59. The minimum atomic E-state index is -2.34. The molecule has 13 heavy (non-hydrogen) atoms. The summed E-state index contributed by atoms with van der Waals surface area (Å²) in [5.41, 5.74) is 0. The second-order valence-electron chi connectivity index (χ2n) is 2.61. The number of alkyl halides is 2. The van der Waals surface area contributed by atoms with E-state index in [4.69, 9.17) is 0 Å². The van der Waals surface area contributed by atoms with Gasteiger partial charge in [0.05, 0.1) is 6.54 Å². The minimum absolute atomic E-state index is 0.297. The highest BCUT2D eigenvalue weighted by Crippen LogP contribution is 2.14. The Labute approximate surface area is 83.7 Å². The average molecular weight is 251 g/mol. The van der Waals surface area contributed by atoms with Gasteiger partial charge in [-0.25, -0.2) is 13.8 Å². The molecule has 72 valence electrons. The number of anilines is 1. The van der Waals surface area contributed by atoms with Gasteiger partial charge in [-0.1, -0.05) is 0 Å². The first kappa shape index (κ1) is 10.4. The molecule has 0 saturated heterocycles. The molecule has 0 aromatic carbocycles. The van der Waals surface area contributed by atoms with Crippen LogP contribution in [0, 0.1) is 0 Å². The van der Waals surface area contributed by atoms with E-state index >= 15 is 0 Å². The van der Waals surface area contributed by atoms with Crippen LogP contribution in [0.4, 0.5) is 14.6 Å². The zero-order valence-corrected chi connectivity index (χ0v) is 8.63. The number of pyridine rings is 1. The quantitative estimate of drug-likeness (QED) is 0.820. The van der Waals surface area contributed by atoms with Gasteiger partial charge in [-0.3, -0.25) is 0 Å². The maximum Gasteiger partial charge on any atom is 0.255 e. The van der Waals surface area contributed by atoms with Crippen molar-refractivity contribution in [2.45, 2.75) is 6.43 Å². The molecule has 0 fully saturated rings. The smallest absolute Gasteiger partial charge is 0.255 e. The summed E-state index contributed by atoms with van der Waals surface area (Å²) < 4.78 is 24.8. The molecule has 0 unspecified atom stereocenters. The van der Waals surface area contributed by atoms with Crippen molar-refractivity contribution in [3.63, 3.8) is 0 Å². The Balaban J connectivity index is 2.66. The second-order valence-corrected chi connectivity index (χ2v) is 3.52. The normalized spacial score (nSPS) is 10.5. The van der Waals surface area contributed by atoms with Crippen molar-refractivity contribution in [3.05, 3.63) is 22.8 Å². The van der Waals surface area contributed by atoms with Crippen molar-refractivity contribution in [2.75, 3.05) is 18.5 Å². The summed E-state index contributed by atoms with van der Waals surface area (Å²) in [6.45, 7) is -0.297. The van der Waals surface area contributed by atoms with Crippen LogP contribution < -0.4 is 4.90 Å². The van der Waals surface area contributed by atoms with Crippen LogP contribution in [0.2, 0.25) is 0 Å². The lowest BCUT2D eigenvalue weighted by Crippen LogP contribution is -2.24. The zero-order valence-electron chi connectivity index (χ0n) is 7.04. The summed E-state index contributed by atoms with van der Waals surface area (Å²) >= 11 is 3.22. The van der Waals surface area contributed by atoms with E-state index in [1.54, 1.807) is 25.4 Å². The standard InChI is InChI=1S/C8H9BrF2N2/c1-13(5-7(10)11)8-3-2-6(9)4-12-8/h2-4,7H,5H2,1H3. The van der Waals surface area contributed by atoms with Crippen LogP contribution in [0.25, 0.3) is 0 Å². The number of rotatable bonds is 3. The molecule has 0 saturated carbocycles. The molecular formula is C8H9BrF2N2. The maximum absolute atomic E-state index is 12.0. The first-order valence-corrected chi connectivity index (χ1v) is 4.49. The average Bonchev–Trinajstić information content (AvgIpc) is 2.04. The molecule has 1 aromatic heterocycles. The molecule has 1 heterocycles.